The van der Waals surface area contributed by atoms with Crippen molar-refractivity contribution in [3.63, 3.8) is 0 Å². The Morgan fingerprint density at radius 3 is 1.54 bits per heavy atom. The van der Waals surface area contributed by atoms with Gasteiger partial charge in [0.25, 0.3) is 10.1 Å². The molecule has 372 valence electrons. The molecule has 4 amide bonds. The standard InChI is InChI=1S/C28H35N5O6.C20H21N3O7S/c1-2-37-25(34)12-13-31-14-16-32(17-15-31)18-24-19-33(28(36)39-24)23-10-8-22(9-11-23)26(29)30-27(35)38-20-21-6-4-3-5-7-21;1-31(26,27)29-13-17-11-23(20(25)30-17)16-9-7-15(8-10-16)18(21)22-19(24)28-12-14-5-3-2-4-6-14/h3-11,24H,2,12-20H2,1H3,(H2,29,30,35);2-10,17H,11-13H2,1H3,(H2,21,22,24). The quantitative estimate of drug-likeness (QED) is 0.0354. The molecule has 22 heteroatoms. The minimum absolute atomic E-state index is 0.0835. The van der Waals surface area contributed by atoms with E-state index in [1.54, 1.807) is 60.4 Å². The maximum absolute atomic E-state index is 12.6. The van der Waals surface area contributed by atoms with Gasteiger partial charge in [-0.1, -0.05) is 60.7 Å². The summed E-state index contributed by atoms with van der Waals surface area (Å²) in [6.07, 6.45) is -2.15. The molecule has 3 aliphatic rings. The summed E-state index contributed by atoms with van der Waals surface area (Å²) < 4.78 is 52.8. The molecule has 7 rings (SSSR count). The fourth-order valence-corrected chi connectivity index (χ4v) is 7.69. The molecule has 0 spiro atoms. The largest absolute Gasteiger partial charge is 0.466 e. The van der Waals surface area contributed by atoms with E-state index in [1.807, 2.05) is 60.7 Å². The third-order valence-electron chi connectivity index (χ3n) is 10.9. The van der Waals surface area contributed by atoms with Crippen LogP contribution in [0, 0.1) is 10.8 Å². The second-order valence-electron chi connectivity index (χ2n) is 16.1. The summed E-state index contributed by atoms with van der Waals surface area (Å²) in [6, 6.07) is 31.5. The van der Waals surface area contributed by atoms with Gasteiger partial charge in [0, 0.05) is 61.8 Å². The number of alkyl carbamates (subject to hydrolysis) is 2. The van der Waals surface area contributed by atoms with Gasteiger partial charge in [-0.2, -0.15) is 8.42 Å². The van der Waals surface area contributed by atoms with E-state index in [0.717, 1.165) is 43.6 Å². The summed E-state index contributed by atoms with van der Waals surface area (Å²) in [4.78, 5) is 67.5. The summed E-state index contributed by atoms with van der Waals surface area (Å²) in [5.41, 5.74) is 3.73. The highest BCUT2D eigenvalue weighted by Gasteiger charge is 2.35. The molecule has 4 aromatic rings. The van der Waals surface area contributed by atoms with Crippen LogP contribution in [0.3, 0.4) is 0 Å². The van der Waals surface area contributed by atoms with Crippen LogP contribution < -0.4 is 20.4 Å². The first-order valence-electron chi connectivity index (χ1n) is 22.4. The van der Waals surface area contributed by atoms with Crippen molar-refractivity contribution in [3.05, 3.63) is 131 Å². The highest BCUT2D eigenvalue weighted by atomic mass is 32.2. The van der Waals surface area contributed by atoms with Gasteiger partial charge in [0.15, 0.2) is 0 Å². The second-order valence-corrected chi connectivity index (χ2v) is 17.8. The summed E-state index contributed by atoms with van der Waals surface area (Å²) in [7, 11) is -3.63. The van der Waals surface area contributed by atoms with Crippen LogP contribution in [0.4, 0.5) is 30.6 Å². The number of rotatable bonds is 17. The predicted molar refractivity (Wildman–Crippen MR) is 256 cm³/mol. The first-order chi connectivity index (χ1) is 33.6. The lowest BCUT2D eigenvalue weighted by Crippen LogP contribution is -2.49. The van der Waals surface area contributed by atoms with Crippen molar-refractivity contribution < 1.29 is 60.3 Å². The van der Waals surface area contributed by atoms with Crippen LogP contribution in [0.5, 0.6) is 0 Å². The Labute approximate surface area is 405 Å². The Bertz CT molecular complexity index is 2550. The predicted octanol–water partition coefficient (Wildman–Crippen LogP) is 5.07. The summed E-state index contributed by atoms with van der Waals surface area (Å²) in [6.45, 7) is 7.42. The highest BCUT2D eigenvalue weighted by Crippen LogP contribution is 2.24. The minimum atomic E-state index is -3.63. The van der Waals surface area contributed by atoms with Gasteiger partial charge in [-0.25, -0.2) is 19.2 Å². The van der Waals surface area contributed by atoms with E-state index in [9.17, 15) is 32.4 Å². The van der Waals surface area contributed by atoms with Crippen molar-refractivity contribution in [1.82, 2.24) is 20.4 Å². The topological polar surface area (TPSA) is 260 Å². The third-order valence-corrected chi connectivity index (χ3v) is 11.5. The van der Waals surface area contributed by atoms with Crippen molar-refractivity contribution >= 4 is 63.5 Å². The SMILES string of the molecule is CCOC(=O)CCN1CCN(CC2CN(c3ccc(C(=N)NC(=O)OCc4ccccc4)cc3)C(=O)O2)CC1.CS(=O)(=O)OCC1CN(c2ccc(C(=N)NC(=O)OCc3ccccc3)cc2)C(=O)O1. The molecule has 0 radical (unpaired) electrons. The number of hydrogen-bond acceptors (Lipinski definition) is 17. The lowest BCUT2D eigenvalue weighted by atomic mass is 10.1. The summed E-state index contributed by atoms with van der Waals surface area (Å²) in [5.74, 6) is -0.420. The number of carbonyl (C=O) groups excluding carboxylic acids is 5. The molecule has 0 bridgehead atoms. The smallest absolute Gasteiger partial charge is 0.414 e. The number of nitrogens with zero attached hydrogens (tertiary/aromatic N) is 4. The number of amides is 4. The zero-order valence-electron chi connectivity index (χ0n) is 38.7. The number of piperazine rings is 1. The molecular formula is C48H56N8O13S. The molecule has 4 N–H and O–H groups in total. The number of nitrogens with one attached hydrogen (secondary N) is 4. The van der Waals surface area contributed by atoms with Crippen molar-refractivity contribution in [2.45, 2.75) is 38.8 Å². The Morgan fingerprint density at radius 1 is 0.643 bits per heavy atom. The maximum atomic E-state index is 12.6. The average molecular weight is 985 g/mol. The van der Waals surface area contributed by atoms with Crippen LogP contribution in [-0.4, -0.2) is 144 Å². The number of ether oxygens (including phenoxy) is 5. The van der Waals surface area contributed by atoms with Crippen LogP contribution in [0.25, 0.3) is 0 Å². The number of anilines is 2. The molecule has 3 aliphatic heterocycles. The van der Waals surface area contributed by atoms with Crippen molar-refractivity contribution in [2.24, 2.45) is 0 Å². The number of hydrogen-bond donors (Lipinski definition) is 4. The van der Waals surface area contributed by atoms with E-state index in [0.29, 0.717) is 55.2 Å². The van der Waals surface area contributed by atoms with E-state index in [1.165, 1.54) is 4.90 Å². The zero-order chi connectivity index (χ0) is 50.0. The van der Waals surface area contributed by atoms with Gasteiger partial charge < -0.3 is 28.6 Å². The second kappa shape index (κ2) is 25.3. The number of esters is 1. The lowest BCUT2D eigenvalue weighted by Gasteiger charge is -2.35. The molecule has 0 aromatic heterocycles. The third kappa shape index (κ3) is 16.4. The Kier molecular flexibility index (Phi) is 18.8. The van der Waals surface area contributed by atoms with Crippen molar-refractivity contribution in [2.75, 3.05) is 81.6 Å². The molecule has 0 saturated carbocycles. The van der Waals surface area contributed by atoms with Crippen LogP contribution in [0.2, 0.25) is 0 Å². The number of benzene rings is 4. The van der Waals surface area contributed by atoms with Crippen LogP contribution in [-0.2, 0) is 56.0 Å². The van der Waals surface area contributed by atoms with Gasteiger partial charge in [-0.15, -0.1) is 0 Å². The molecule has 3 fully saturated rings. The molecular weight excluding hydrogens is 929 g/mol. The maximum Gasteiger partial charge on any atom is 0.414 e. The van der Waals surface area contributed by atoms with Gasteiger partial charge in [0.1, 0.15) is 43.7 Å². The van der Waals surface area contributed by atoms with E-state index in [-0.39, 0.29) is 50.1 Å². The van der Waals surface area contributed by atoms with Gasteiger partial charge in [0.2, 0.25) is 0 Å². The van der Waals surface area contributed by atoms with Crippen LogP contribution in [0.1, 0.15) is 35.6 Å². The molecule has 3 saturated heterocycles. The number of carbonyl (C=O) groups is 5. The molecule has 70 heavy (non-hydrogen) atoms. The molecule has 3 heterocycles. The molecule has 21 nitrogen and oxygen atoms in total. The van der Waals surface area contributed by atoms with Gasteiger partial charge in [0.05, 0.1) is 32.4 Å². The summed E-state index contributed by atoms with van der Waals surface area (Å²) in [5, 5.41) is 21.0. The molecule has 0 aliphatic carbocycles. The zero-order valence-corrected chi connectivity index (χ0v) is 39.6. The van der Waals surface area contributed by atoms with Crippen LogP contribution in [0.15, 0.2) is 109 Å². The highest BCUT2D eigenvalue weighted by molar-refractivity contribution is 7.86. The van der Waals surface area contributed by atoms with Gasteiger partial charge in [-0.3, -0.25) is 45.1 Å². The van der Waals surface area contributed by atoms with E-state index in [2.05, 4.69) is 24.6 Å². The van der Waals surface area contributed by atoms with Gasteiger partial charge >= 0.3 is 30.3 Å². The monoisotopic (exact) mass is 984 g/mol. The summed E-state index contributed by atoms with van der Waals surface area (Å²) >= 11 is 0. The van der Waals surface area contributed by atoms with Crippen LogP contribution >= 0.6 is 0 Å². The molecule has 4 aromatic carbocycles. The van der Waals surface area contributed by atoms with Crippen molar-refractivity contribution in [3.8, 4) is 0 Å². The van der Waals surface area contributed by atoms with Crippen molar-refractivity contribution in [1.29, 1.82) is 10.8 Å². The van der Waals surface area contributed by atoms with E-state index >= 15 is 0 Å². The first kappa shape index (κ1) is 52.0. The molecule has 2 atom stereocenters. The normalized spacial score (nSPS) is 17.1. The Balaban J connectivity index is 0.000000236. The Morgan fingerprint density at radius 2 is 1.09 bits per heavy atom. The van der Waals surface area contributed by atoms with Gasteiger partial charge in [-0.05, 0) is 66.6 Å². The fraction of sp³-hybridized carbons (Fsp3) is 0.354. The minimum Gasteiger partial charge on any atom is -0.466 e. The average Bonchev–Trinajstić information content (AvgIpc) is 3.93. The van der Waals surface area contributed by atoms with E-state index in [4.69, 9.17) is 34.5 Å². The number of cyclic esters (lactones) is 2. The Hall–Kier alpha value is -7.40. The van der Waals surface area contributed by atoms with E-state index < -0.39 is 40.6 Å². The molecule has 2 unspecified atom stereocenters. The fourth-order valence-electron chi connectivity index (χ4n) is 7.30. The number of amidine groups is 2. The lowest BCUT2D eigenvalue weighted by molar-refractivity contribution is -0.143. The first-order valence-corrected chi connectivity index (χ1v) is 24.2.